The predicted molar refractivity (Wildman–Crippen MR) is 74.4 cm³/mol. The van der Waals surface area contributed by atoms with E-state index in [1.165, 1.54) is 14.2 Å². The van der Waals surface area contributed by atoms with Crippen LogP contribution in [-0.2, 0) is 19.1 Å². The Labute approximate surface area is 114 Å². The average molecular weight is 264 g/mol. The maximum atomic E-state index is 12.0. The molecule has 0 heterocycles. The van der Waals surface area contributed by atoms with Gasteiger partial charge in [0.2, 0.25) is 0 Å². The van der Waals surface area contributed by atoms with Crippen molar-refractivity contribution in [2.45, 2.75) is 12.8 Å². The second-order valence-electron chi connectivity index (χ2n) is 3.80. The van der Waals surface area contributed by atoms with E-state index >= 15 is 0 Å². The van der Waals surface area contributed by atoms with E-state index in [0.29, 0.717) is 0 Å². The second kappa shape index (κ2) is 8.91. The van der Waals surface area contributed by atoms with Gasteiger partial charge in [-0.05, 0) is 12.8 Å². The molecule has 0 unspecified atom stereocenters. The zero-order valence-electron chi connectivity index (χ0n) is 11.4. The van der Waals surface area contributed by atoms with Crippen LogP contribution in [0.15, 0.2) is 49.6 Å². The average Bonchev–Trinajstić information content (AvgIpc) is 2.44. The minimum Gasteiger partial charge on any atom is -0.468 e. The molecule has 0 radical (unpaired) electrons. The summed E-state index contributed by atoms with van der Waals surface area (Å²) in [4.78, 5) is 24.0. The second-order valence-corrected chi connectivity index (χ2v) is 3.80. The van der Waals surface area contributed by atoms with E-state index in [9.17, 15) is 9.59 Å². The Balaban J connectivity index is 5.42. The molecule has 104 valence electrons. The summed E-state index contributed by atoms with van der Waals surface area (Å²) >= 11 is 0. The normalized spacial score (nSPS) is 11.5. The first-order valence-corrected chi connectivity index (χ1v) is 5.81. The molecule has 4 heteroatoms. The summed E-state index contributed by atoms with van der Waals surface area (Å²) in [7, 11) is 2.49. The maximum absolute atomic E-state index is 12.0. The lowest BCUT2D eigenvalue weighted by Gasteiger charge is -2.25. The lowest BCUT2D eigenvalue weighted by Crippen LogP contribution is -2.40. The highest BCUT2D eigenvalue weighted by atomic mass is 16.5. The van der Waals surface area contributed by atoms with Gasteiger partial charge < -0.3 is 9.47 Å². The monoisotopic (exact) mass is 264 g/mol. The van der Waals surface area contributed by atoms with Crippen molar-refractivity contribution in [1.82, 2.24) is 0 Å². The van der Waals surface area contributed by atoms with Gasteiger partial charge >= 0.3 is 11.9 Å². The molecule has 0 saturated heterocycles. The molecule has 0 aromatic carbocycles. The van der Waals surface area contributed by atoms with E-state index in [-0.39, 0.29) is 12.8 Å². The fourth-order valence-corrected chi connectivity index (χ4v) is 1.62. The predicted octanol–water partition coefficient (Wildman–Crippen LogP) is 2.58. The molecule has 0 aliphatic carbocycles. The molecule has 0 bridgehead atoms. The summed E-state index contributed by atoms with van der Waals surface area (Å²) in [5.41, 5.74) is -1.37. The number of carbonyl (C=O) groups is 2. The standard InChI is InChI=1S/C15H20O4/c1-5-7-9-11-15(13(16)18-3,14(17)19-4)12-10-8-6-2/h5-10H,1-2,11-12H2,3-4H3/b9-7+,10-8+. The van der Waals surface area contributed by atoms with Gasteiger partial charge in [-0.25, -0.2) is 0 Å². The van der Waals surface area contributed by atoms with E-state index in [1.807, 2.05) is 0 Å². The van der Waals surface area contributed by atoms with Gasteiger partial charge in [0.25, 0.3) is 0 Å². The highest BCUT2D eigenvalue weighted by Crippen LogP contribution is 2.31. The Morgan fingerprint density at radius 3 is 1.58 bits per heavy atom. The van der Waals surface area contributed by atoms with Crippen molar-refractivity contribution in [3.05, 3.63) is 49.6 Å². The number of rotatable bonds is 8. The summed E-state index contributed by atoms with van der Waals surface area (Å²) in [6, 6.07) is 0. The van der Waals surface area contributed by atoms with Gasteiger partial charge in [-0.3, -0.25) is 9.59 Å². The fraction of sp³-hybridized carbons (Fsp3) is 0.333. The molecule has 0 aromatic rings. The third-order valence-corrected chi connectivity index (χ3v) is 2.63. The first-order valence-electron chi connectivity index (χ1n) is 5.81. The third-order valence-electron chi connectivity index (χ3n) is 2.63. The lowest BCUT2D eigenvalue weighted by molar-refractivity contribution is -0.168. The lowest BCUT2D eigenvalue weighted by atomic mass is 9.80. The molecule has 0 spiro atoms. The van der Waals surface area contributed by atoms with Crippen LogP contribution in [0.3, 0.4) is 0 Å². The molecule has 0 aromatic heterocycles. The zero-order valence-corrected chi connectivity index (χ0v) is 11.4. The van der Waals surface area contributed by atoms with Gasteiger partial charge in [0.15, 0.2) is 5.41 Å². The molecule has 0 fully saturated rings. The minimum absolute atomic E-state index is 0.180. The van der Waals surface area contributed by atoms with Crippen LogP contribution in [0.5, 0.6) is 0 Å². The molecule has 0 rings (SSSR count). The fourth-order valence-electron chi connectivity index (χ4n) is 1.62. The van der Waals surface area contributed by atoms with Crippen LogP contribution in [0, 0.1) is 5.41 Å². The van der Waals surface area contributed by atoms with Gasteiger partial charge in [-0.15, -0.1) is 0 Å². The summed E-state index contributed by atoms with van der Waals surface area (Å²) in [6.07, 6.45) is 10.2. The van der Waals surface area contributed by atoms with Gasteiger partial charge in [-0.2, -0.15) is 0 Å². The Kier molecular flexibility index (Phi) is 7.93. The SMILES string of the molecule is C=C/C=C/CC(C/C=C/C=C)(C(=O)OC)C(=O)OC. The maximum Gasteiger partial charge on any atom is 0.323 e. The number of hydrogen-bond donors (Lipinski definition) is 0. The smallest absolute Gasteiger partial charge is 0.323 e. The van der Waals surface area contributed by atoms with Crippen molar-refractivity contribution in [1.29, 1.82) is 0 Å². The van der Waals surface area contributed by atoms with E-state index in [0.717, 1.165) is 0 Å². The van der Waals surface area contributed by atoms with Gasteiger partial charge in [0, 0.05) is 0 Å². The van der Waals surface area contributed by atoms with Gasteiger partial charge in [0.1, 0.15) is 0 Å². The topological polar surface area (TPSA) is 52.6 Å². The quantitative estimate of drug-likeness (QED) is 0.384. The van der Waals surface area contributed by atoms with Crippen molar-refractivity contribution < 1.29 is 19.1 Å². The Morgan fingerprint density at radius 1 is 0.947 bits per heavy atom. The summed E-state index contributed by atoms with van der Waals surface area (Å²) in [5.74, 6) is -1.25. The molecule has 0 N–H and O–H groups in total. The molecular formula is C15H20O4. The number of hydrogen-bond acceptors (Lipinski definition) is 4. The molecule has 0 saturated carbocycles. The molecule has 0 aliphatic rings. The number of allylic oxidation sites excluding steroid dienone is 6. The zero-order chi connectivity index (χ0) is 14.7. The Hall–Kier alpha value is -2.10. The van der Waals surface area contributed by atoms with Crippen molar-refractivity contribution in [3.63, 3.8) is 0 Å². The highest BCUT2D eigenvalue weighted by Gasteiger charge is 2.46. The first kappa shape index (κ1) is 16.9. The third kappa shape index (κ3) is 4.58. The van der Waals surface area contributed by atoms with Crippen LogP contribution in [0.1, 0.15) is 12.8 Å². The summed E-state index contributed by atoms with van der Waals surface area (Å²) in [6.45, 7) is 7.08. The van der Waals surface area contributed by atoms with E-state index in [1.54, 1.807) is 36.5 Å². The van der Waals surface area contributed by atoms with Crippen LogP contribution in [0.2, 0.25) is 0 Å². The summed E-state index contributed by atoms with van der Waals surface area (Å²) < 4.78 is 9.48. The van der Waals surface area contributed by atoms with Crippen LogP contribution in [0.25, 0.3) is 0 Å². The van der Waals surface area contributed by atoms with Crippen LogP contribution >= 0.6 is 0 Å². The van der Waals surface area contributed by atoms with Crippen molar-refractivity contribution in [2.24, 2.45) is 5.41 Å². The molecule has 0 atom stereocenters. The Morgan fingerprint density at radius 2 is 1.32 bits per heavy atom. The molecule has 0 aliphatic heterocycles. The van der Waals surface area contributed by atoms with Crippen molar-refractivity contribution >= 4 is 11.9 Å². The summed E-state index contributed by atoms with van der Waals surface area (Å²) in [5, 5.41) is 0. The van der Waals surface area contributed by atoms with E-state index in [4.69, 9.17) is 9.47 Å². The van der Waals surface area contributed by atoms with Gasteiger partial charge in [0.05, 0.1) is 14.2 Å². The highest BCUT2D eigenvalue weighted by molar-refractivity contribution is 6.00. The Bertz CT molecular complexity index is 353. The molecular weight excluding hydrogens is 244 g/mol. The van der Waals surface area contributed by atoms with E-state index < -0.39 is 17.4 Å². The number of ether oxygens (including phenoxy) is 2. The number of methoxy groups -OCH3 is 2. The number of carbonyl (C=O) groups excluding carboxylic acids is 2. The van der Waals surface area contributed by atoms with E-state index in [2.05, 4.69) is 13.2 Å². The van der Waals surface area contributed by atoms with Gasteiger partial charge in [-0.1, -0.05) is 49.6 Å². The van der Waals surface area contributed by atoms with Crippen LogP contribution in [0.4, 0.5) is 0 Å². The molecule has 19 heavy (non-hydrogen) atoms. The minimum atomic E-state index is -1.37. The molecule has 0 amide bonds. The van der Waals surface area contributed by atoms with Crippen LogP contribution < -0.4 is 0 Å². The van der Waals surface area contributed by atoms with Crippen molar-refractivity contribution in [3.8, 4) is 0 Å². The van der Waals surface area contributed by atoms with Crippen molar-refractivity contribution in [2.75, 3.05) is 14.2 Å². The largest absolute Gasteiger partial charge is 0.468 e. The number of esters is 2. The first-order chi connectivity index (χ1) is 9.08. The van der Waals surface area contributed by atoms with Crippen LogP contribution in [-0.4, -0.2) is 26.2 Å². The molecule has 4 nitrogen and oxygen atoms in total.